The Hall–Kier alpha value is -2.38. The number of rotatable bonds is 5. The summed E-state index contributed by atoms with van der Waals surface area (Å²) in [6.45, 7) is 1.11. The van der Waals surface area contributed by atoms with Crippen LogP contribution in [0.3, 0.4) is 0 Å². The molecule has 0 spiro atoms. The summed E-state index contributed by atoms with van der Waals surface area (Å²) in [5.41, 5.74) is 2.00. The van der Waals surface area contributed by atoms with Crippen molar-refractivity contribution in [1.29, 1.82) is 0 Å². The normalized spacial score (nSPS) is 23.8. The number of piperidine rings is 2. The third-order valence-electron chi connectivity index (χ3n) is 5.48. The van der Waals surface area contributed by atoms with Gasteiger partial charge in [-0.15, -0.1) is 22.0 Å². The van der Waals surface area contributed by atoms with Crippen LogP contribution in [0.2, 0.25) is 0 Å². The van der Waals surface area contributed by atoms with Gasteiger partial charge in [0.1, 0.15) is 10.8 Å². The number of phenolic OH excluding ortho intramolecular Hbond substituents is 1. The highest BCUT2D eigenvalue weighted by atomic mass is 32.2. The first-order chi connectivity index (χ1) is 13.6. The van der Waals surface area contributed by atoms with Gasteiger partial charge in [-0.2, -0.15) is 0 Å². The van der Waals surface area contributed by atoms with Crippen LogP contribution in [-0.4, -0.2) is 46.1 Å². The van der Waals surface area contributed by atoms with E-state index in [0.717, 1.165) is 23.1 Å². The minimum Gasteiger partial charge on any atom is -0.507 e. The van der Waals surface area contributed by atoms with Gasteiger partial charge in [-0.1, -0.05) is 6.07 Å². The SMILES string of the molecule is CNC(=O)/C=C/c1ccc(-c2ccc(S[C@H]3CC4CCC3CN4)nn2)c(O)c1. The van der Waals surface area contributed by atoms with Crippen molar-refractivity contribution in [3.63, 3.8) is 0 Å². The molecular formula is C21H24N4O2S. The maximum atomic E-state index is 11.3. The second-order valence-electron chi connectivity index (χ2n) is 7.32. The van der Waals surface area contributed by atoms with Crippen LogP contribution in [0, 0.1) is 5.92 Å². The lowest BCUT2D eigenvalue weighted by Crippen LogP contribution is -2.50. The summed E-state index contributed by atoms with van der Waals surface area (Å²) in [7, 11) is 1.57. The van der Waals surface area contributed by atoms with Crippen molar-refractivity contribution in [2.45, 2.75) is 35.6 Å². The van der Waals surface area contributed by atoms with E-state index in [1.54, 1.807) is 25.3 Å². The molecule has 28 heavy (non-hydrogen) atoms. The number of likely N-dealkylation sites (N-methyl/N-ethyl adjacent to an activating group) is 1. The van der Waals surface area contributed by atoms with E-state index in [1.807, 2.05) is 30.0 Å². The molecule has 1 saturated carbocycles. The number of aromatic hydroxyl groups is 1. The van der Waals surface area contributed by atoms with Crippen molar-refractivity contribution in [3.05, 3.63) is 42.0 Å². The molecule has 3 heterocycles. The van der Waals surface area contributed by atoms with Crippen molar-refractivity contribution in [2.24, 2.45) is 5.92 Å². The summed E-state index contributed by atoms with van der Waals surface area (Å²) in [5.74, 6) is 0.643. The quantitative estimate of drug-likeness (QED) is 0.674. The highest BCUT2D eigenvalue weighted by Gasteiger charge is 2.36. The summed E-state index contributed by atoms with van der Waals surface area (Å²) in [4.78, 5) is 11.3. The Morgan fingerprint density at radius 2 is 2.18 bits per heavy atom. The van der Waals surface area contributed by atoms with Crippen molar-refractivity contribution in [2.75, 3.05) is 13.6 Å². The summed E-state index contributed by atoms with van der Waals surface area (Å²) in [5, 5.41) is 26.7. The zero-order valence-corrected chi connectivity index (χ0v) is 16.6. The number of hydrogen-bond acceptors (Lipinski definition) is 6. The Labute approximate surface area is 168 Å². The van der Waals surface area contributed by atoms with Crippen LogP contribution >= 0.6 is 11.8 Å². The highest BCUT2D eigenvalue weighted by molar-refractivity contribution is 7.99. The Kier molecular flexibility index (Phi) is 5.64. The van der Waals surface area contributed by atoms with E-state index in [2.05, 4.69) is 20.8 Å². The van der Waals surface area contributed by atoms with Gasteiger partial charge in [-0.3, -0.25) is 4.79 Å². The monoisotopic (exact) mass is 396 g/mol. The molecule has 3 fully saturated rings. The standard InChI is InChI=1S/C21H24N4O2S/c1-22-20(27)8-3-13-2-6-16(18(26)10-13)17-7-9-21(25-24-17)28-19-11-15-5-4-14(19)12-23-15/h2-3,6-10,14-15,19,23,26H,4-5,11-12H2,1H3,(H,22,27)/b8-3+/t14?,15?,19-/m0/s1. The van der Waals surface area contributed by atoms with Crippen LogP contribution in [0.5, 0.6) is 5.75 Å². The largest absolute Gasteiger partial charge is 0.507 e. The van der Waals surface area contributed by atoms with Crippen LogP contribution in [0.4, 0.5) is 0 Å². The predicted octanol–water partition coefficient (Wildman–Crippen LogP) is 2.84. The van der Waals surface area contributed by atoms with E-state index >= 15 is 0 Å². The molecule has 1 amide bonds. The van der Waals surface area contributed by atoms with Gasteiger partial charge in [0.15, 0.2) is 0 Å². The summed E-state index contributed by atoms with van der Waals surface area (Å²) >= 11 is 1.83. The van der Waals surface area contributed by atoms with Gasteiger partial charge in [0, 0.05) is 30.0 Å². The molecule has 6 nitrogen and oxygen atoms in total. The predicted molar refractivity (Wildman–Crippen MR) is 111 cm³/mol. The number of nitrogens with zero attached hydrogens (tertiary/aromatic N) is 2. The Bertz CT molecular complexity index is 876. The van der Waals surface area contributed by atoms with Gasteiger partial charge >= 0.3 is 0 Å². The molecule has 3 N–H and O–H groups in total. The maximum Gasteiger partial charge on any atom is 0.243 e. The fraction of sp³-hybridized carbons (Fsp3) is 0.381. The molecule has 3 atom stereocenters. The Balaban J connectivity index is 1.45. The molecule has 146 valence electrons. The van der Waals surface area contributed by atoms with Gasteiger partial charge < -0.3 is 15.7 Å². The molecule has 2 aliphatic heterocycles. The summed E-state index contributed by atoms with van der Waals surface area (Å²) in [6.07, 6.45) is 6.87. The minimum absolute atomic E-state index is 0.115. The maximum absolute atomic E-state index is 11.3. The van der Waals surface area contributed by atoms with E-state index in [0.29, 0.717) is 22.5 Å². The summed E-state index contributed by atoms with van der Waals surface area (Å²) in [6, 6.07) is 9.80. The third-order valence-corrected chi connectivity index (χ3v) is 6.82. The average molecular weight is 397 g/mol. The molecule has 2 bridgehead atoms. The number of carbonyl (C=O) groups excluding carboxylic acids is 1. The first kappa shape index (κ1) is 19.0. The highest BCUT2D eigenvalue weighted by Crippen LogP contribution is 2.39. The summed E-state index contributed by atoms with van der Waals surface area (Å²) < 4.78 is 0. The number of benzene rings is 1. The zero-order valence-electron chi connectivity index (χ0n) is 15.8. The zero-order chi connectivity index (χ0) is 19.5. The number of fused-ring (bicyclic) bond motifs is 3. The van der Waals surface area contributed by atoms with Gasteiger partial charge in [0.05, 0.1) is 5.69 Å². The van der Waals surface area contributed by atoms with Gasteiger partial charge in [0.2, 0.25) is 5.91 Å². The van der Waals surface area contributed by atoms with Crippen LogP contribution in [0.15, 0.2) is 41.4 Å². The van der Waals surface area contributed by atoms with Crippen LogP contribution in [0.1, 0.15) is 24.8 Å². The van der Waals surface area contributed by atoms with E-state index in [1.165, 1.54) is 25.3 Å². The fourth-order valence-electron chi connectivity index (χ4n) is 3.88. The van der Waals surface area contributed by atoms with E-state index < -0.39 is 0 Å². The topological polar surface area (TPSA) is 87.1 Å². The molecule has 1 aliphatic carbocycles. The molecular weight excluding hydrogens is 372 g/mol. The first-order valence-corrected chi connectivity index (χ1v) is 10.5. The van der Waals surface area contributed by atoms with Crippen LogP contribution in [0.25, 0.3) is 17.3 Å². The molecule has 1 aromatic heterocycles. The van der Waals surface area contributed by atoms with Crippen molar-refractivity contribution >= 4 is 23.7 Å². The number of amides is 1. The van der Waals surface area contributed by atoms with Gasteiger partial charge in [0.25, 0.3) is 0 Å². The van der Waals surface area contributed by atoms with E-state index in [9.17, 15) is 9.90 Å². The van der Waals surface area contributed by atoms with Crippen molar-refractivity contribution < 1.29 is 9.90 Å². The molecule has 1 aromatic carbocycles. The van der Waals surface area contributed by atoms with Crippen molar-refractivity contribution in [3.8, 4) is 17.0 Å². The van der Waals surface area contributed by atoms with Crippen LogP contribution in [-0.2, 0) is 4.79 Å². The Morgan fingerprint density at radius 3 is 2.79 bits per heavy atom. The number of nitrogens with one attached hydrogen (secondary N) is 2. The molecule has 0 radical (unpaired) electrons. The molecule has 2 saturated heterocycles. The van der Waals surface area contributed by atoms with Gasteiger partial charge in [-0.05, 0) is 67.6 Å². The number of phenols is 1. The lowest BCUT2D eigenvalue weighted by Gasteiger charge is -2.42. The van der Waals surface area contributed by atoms with E-state index in [-0.39, 0.29) is 11.7 Å². The fourth-order valence-corrected chi connectivity index (χ4v) is 5.18. The number of thioether (sulfide) groups is 1. The van der Waals surface area contributed by atoms with Crippen LogP contribution < -0.4 is 10.6 Å². The smallest absolute Gasteiger partial charge is 0.243 e. The number of hydrogen-bond donors (Lipinski definition) is 3. The average Bonchev–Trinajstić information content (AvgIpc) is 2.74. The number of aromatic nitrogens is 2. The molecule has 5 rings (SSSR count). The van der Waals surface area contributed by atoms with Gasteiger partial charge in [-0.25, -0.2) is 0 Å². The molecule has 3 aliphatic rings. The first-order valence-electron chi connectivity index (χ1n) is 9.59. The Morgan fingerprint density at radius 1 is 1.29 bits per heavy atom. The second kappa shape index (κ2) is 8.32. The molecule has 7 heteroatoms. The second-order valence-corrected chi connectivity index (χ2v) is 8.58. The molecule has 2 aromatic rings. The molecule has 2 unspecified atom stereocenters. The van der Waals surface area contributed by atoms with Crippen molar-refractivity contribution in [1.82, 2.24) is 20.8 Å². The van der Waals surface area contributed by atoms with E-state index in [4.69, 9.17) is 0 Å². The lowest BCUT2D eigenvalue weighted by atomic mass is 9.81. The third kappa shape index (κ3) is 4.20. The lowest BCUT2D eigenvalue weighted by molar-refractivity contribution is -0.115. The number of carbonyl (C=O) groups is 1. The minimum atomic E-state index is -0.190.